The number of hydrogen-bond acceptors (Lipinski definition) is 7. The zero-order chi connectivity index (χ0) is 32.3. The minimum atomic E-state index is -4.78. The summed E-state index contributed by atoms with van der Waals surface area (Å²) >= 11 is 1.21. The molecule has 1 fully saturated rings. The number of amidine groups is 1. The van der Waals surface area contributed by atoms with E-state index in [-0.39, 0.29) is 23.3 Å². The van der Waals surface area contributed by atoms with Crippen LogP contribution in [0.25, 0.3) is 17.1 Å². The second kappa shape index (κ2) is 13.0. The highest BCUT2D eigenvalue weighted by atomic mass is 32.2. The molecule has 45 heavy (non-hydrogen) atoms. The first kappa shape index (κ1) is 31.6. The van der Waals surface area contributed by atoms with E-state index in [1.165, 1.54) is 51.9 Å². The zero-order valence-electron chi connectivity index (χ0n) is 24.8. The lowest BCUT2D eigenvalue weighted by Gasteiger charge is -2.22. The Labute approximate surface area is 261 Å². The first-order chi connectivity index (χ1) is 21.5. The number of aryl methyl sites for hydroxylation is 1. The number of ether oxygens (including phenoxy) is 1. The molecule has 0 radical (unpaired) electrons. The number of benzene rings is 3. The molecule has 2 heterocycles. The summed E-state index contributed by atoms with van der Waals surface area (Å²) in [6.45, 7) is 6.02. The van der Waals surface area contributed by atoms with Crippen LogP contribution in [0.5, 0.6) is 5.75 Å². The minimum absolute atomic E-state index is 0.143. The monoisotopic (exact) mass is 637 g/mol. The third-order valence-electron chi connectivity index (χ3n) is 6.96. The number of rotatable bonds is 8. The second-order valence-electron chi connectivity index (χ2n) is 10.3. The van der Waals surface area contributed by atoms with Crippen LogP contribution >= 0.6 is 11.8 Å². The van der Waals surface area contributed by atoms with Crippen LogP contribution < -0.4 is 20.3 Å². The molecule has 14 heteroatoms. The number of anilines is 3. The molecule has 1 saturated heterocycles. The smallest absolute Gasteiger partial charge is 0.406 e. The van der Waals surface area contributed by atoms with Crippen LogP contribution in [0.1, 0.15) is 37.8 Å². The number of halogens is 3. The van der Waals surface area contributed by atoms with Crippen molar-refractivity contribution in [2.75, 3.05) is 28.3 Å². The number of amides is 3. The Balaban J connectivity index is 1.34. The van der Waals surface area contributed by atoms with Crippen LogP contribution in [-0.4, -0.2) is 51.0 Å². The molecule has 0 aliphatic carbocycles. The van der Waals surface area contributed by atoms with E-state index in [9.17, 15) is 22.8 Å². The van der Waals surface area contributed by atoms with Gasteiger partial charge in [0.05, 0.1) is 17.1 Å². The second-order valence-corrected chi connectivity index (χ2v) is 11.2. The number of urea groups is 1. The Morgan fingerprint density at radius 2 is 1.87 bits per heavy atom. The van der Waals surface area contributed by atoms with Crippen molar-refractivity contribution in [3.63, 3.8) is 0 Å². The Hall–Kier alpha value is -4.85. The average molecular weight is 638 g/mol. The molecule has 1 aliphatic rings. The van der Waals surface area contributed by atoms with Gasteiger partial charge in [0, 0.05) is 24.0 Å². The Kier molecular flexibility index (Phi) is 9.14. The van der Waals surface area contributed by atoms with Gasteiger partial charge in [0.15, 0.2) is 11.0 Å². The maximum Gasteiger partial charge on any atom is 0.573 e. The summed E-state index contributed by atoms with van der Waals surface area (Å²) < 4.78 is 42.7. The van der Waals surface area contributed by atoms with Gasteiger partial charge in [0.2, 0.25) is 5.91 Å². The van der Waals surface area contributed by atoms with Gasteiger partial charge in [-0.2, -0.15) is 4.99 Å². The molecule has 2 N–H and O–H groups in total. The Bertz CT molecular complexity index is 1750. The molecular formula is C31H30F3N7O3S. The SMILES string of the molecule is CCc1cc(-c2ncn(-c3ccc(OC(F)(F)F)cc3)n2)ccc1NC(=O)/N=C1\SCC(=O)N1c1cc(NC)ccc1C(C)C. The topological polar surface area (TPSA) is 114 Å². The van der Waals surface area contributed by atoms with Crippen LogP contribution in [0, 0.1) is 0 Å². The van der Waals surface area contributed by atoms with Gasteiger partial charge in [0.1, 0.15) is 12.1 Å². The summed E-state index contributed by atoms with van der Waals surface area (Å²) in [4.78, 5) is 36.2. The number of alkyl halides is 3. The van der Waals surface area contributed by atoms with Crippen LogP contribution in [0.2, 0.25) is 0 Å². The molecule has 0 spiro atoms. The largest absolute Gasteiger partial charge is 0.573 e. The molecule has 1 aromatic heterocycles. The minimum Gasteiger partial charge on any atom is -0.406 e. The van der Waals surface area contributed by atoms with E-state index in [0.29, 0.717) is 40.0 Å². The molecule has 0 bridgehead atoms. The van der Waals surface area contributed by atoms with Gasteiger partial charge in [-0.3, -0.25) is 9.69 Å². The number of nitrogens with zero attached hydrogens (tertiary/aromatic N) is 5. The van der Waals surface area contributed by atoms with Crippen LogP contribution in [0.4, 0.5) is 35.0 Å². The van der Waals surface area contributed by atoms with E-state index < -0.39 is 12.4 Å². The lowest BCUT2D eigenvalue weighted by atomic mass is 10.00. The number of carbonyl (C=O) groups excluding carboxylic acids is 2. The highest BCUT2D eigenvalue weighted by Crippen LogP contribution is 2.35. The van der Waals surface area contributed by atoms with Crippen LogP contribution in [-0.2, 0) is 11.2 Å². The van der Waals surface area contributed by atoms with Crippen molar-refractivity contribution >= 4 is 45.9 Å². The van der Waals surface area contributed by atoms with Crippen LogP contribution in [0.15, 0.2) is 72.0 Å². The molecule has 4 aromatic rings. The number of hydrogen-bond donors (Lipinski definition) is 2. The molecule has 0 saturated carbocycles. The maximum atomic E-state index is 13.1. The standard InChI is InChI=1S/C31H30F3N7O3S/c1-5-19-14-20(28-36-17-40(39-28)22-8-10-23(11-9-22)44-31(32,33)34)6-13-25(19)37-29(43)38-30-41(27(42)16-45-30)26-15-21(35-4)7-12-24(26)18(2)3/h6-15,17-18,35H,5,16H2,1-4H3,(H,37,43)/b38-30-. The number of thioether (sulfide) groups is 1. The molecule has 0 unspecified atom stereocenters. The fraction of sp³-hybridized carbons (Fsp3) is 0.258. The van der Waals surface area contributed by atoms with Crippen molar-refractivity contribution in [1.82, 2.24) is 14.8 Å². The number of nitrogens with one attached hydrogen (secondary N) is 2. The van der Waals surface area contributed by atoms with Gasteiger partial charge >= 0.3 is 12.4 Å². The summed E-state index contributed by atoms with van der Waals surface area (Å²) in [6, 6.07) is 15.8. The molecule has 10 nitrogen and oxygen atoms in total. The zero-order valence-corrected chi connectivity index (χ0v) is 25.7. The third kappa shape index (κ3) is 7.28. The normalized spacial score (nSPS) is 14.4. The van der Waals surface area contributed by atoms with Gasteiger partial charge in [-0.05, 0) is 78.1 Å². The van der Waals surface area contributed by atoms with E-state index in [0.717, 1.165) is 16.8 Å². The van der Waals surface area contributed by atoms with E-state index in [2.05, 4.69) is 30.4 Å². The summed E-state index contributed by atoms with van der Waals surface area (Å²) in [6.07, 6.45) is -2.74. The lowest BCUT2D eigenvalue weighted by Crippen LogP contribution is -2.31. The van der Waals surface area contributed by atoms with Crippen molar-refractivity contribution < 1.29 is 27.5 Å². The highest BCUT2D eigenvalue weighted by molar-refractivity contribution is 8.15. The molecule has 3 aromatic carbocycles. The van der Waals surface area contributed by atoms with E-state index in [1.807, 2.05) is 45.0 Å². The van der Waals surface area contributed by atoms with Gasteiger partial charge in [0.25, 0.3) is 0 Å². The molecule has 0 atom stereocenters. The Morgan fingerprint density at radius 1 is 1.11 bits per heavy atom. The molecule has 3 amide bonds. The van der Waals surface area contributed by atoms with Gasteiger partial charge in [-0.15, -0.1) is 18.3 Å². The lowest BCUT2D eigenvalue weighted by molar-refractivity contribution is -0.274. The predicted molar refractivity (Wildman–Crippen MR) is 169 cm³/mol. The van der Waals surface area contributed by atoms with Crippen molar-refractivity contribution in [2.45, 2.75) is 39.5 Å². The van der Waals surface area contributed by atoms with E-state index >= 15 is 0 Å². The summed E-state index contributed by atoms with van der Waals surface area (Å²) in [5, 5.41) is 10.7. The van der Waals surface area contributed by atoms with Crippen LogP contribution in [0.3, 0.4) is 0 Å². The fourth-order valence-electron chi connectivity index (χ4n) is 4.76. The molecule has 1 aliphatic heterocycles. The summed E-state index contributed by atoms with van der Waals surface area (Å²) in [5.74, 6) is 0.214. The van der Waals surface area contributed by atoms with E-state index in [1.54, 1.807) is 19.2 Å². The Morgan fingerprint density at radius 3 is 2.53 bits per heavy atom. The number of aliphatic imine (C=N–C) groups is 1. The molecule has 234 valence electrons. The molecular weight excluding hydrogens is 607 g/mol. The van der Waals surface area contributed by atoms with E-state index in [4.69, 9.17) is 0 Å². The van der Waals surface area contributed by atoms with Gasteiger partial charge in [-0.25, -0.2) is 14.5 Å². The first-order valence-corrected chi connectivity index (χ1v) is 15.0. The highest BCUT2D eigenvalue weighted by Gasteiger charge is 2.33. The maximum absolute atomic E-state index is 13.1. The average Bonchev–Trinajstić information content (AvgIpc) is 3.63. The number of aromatic nitrogens is 3. The first-order valence-electron chi connectivity index (χ1n) is 14.0. The number of carbonyl (C=O) groups is 2. The van der Waals surface area contributed by atoms with Gasteiger partial charge in [-0.1, -0.05) is 38.6 Å². The van der Waals surface area contributed by atoms with Crippen molar-refractivity contribution in [3.05, 3.63) is 78.1 Å². The molecule has 5 rings (SSSR count). The quantitative estimate of drug-likeness (QED) is 0.210. The van der Waals surface area contributed by atoms with Crippen molar-refractivity contribution in [3.8, 4) is 22.8 Å². The van der Waals surface area contributed by atoms with Crippen molar-refractivity contribution in [1.29, 1.82) is 0 Å². The third-order valence-corrected chi connectivity index (χ3v) is 7.88. The summed E-state index contributed by atoms with van der Waals surface area (Å²) in [5.41, 5.74) is 5.03. The fourth-order valence-corrected chi connectivity index (χ4v) is 5.62. The predicted octanol–water partition coefficient (Wildman–Crippen LogP) is 7.23. The summed E-state index contributed by atoms with van der Waals surface area (Å²) in [7, 11) is 1.80. The van der Waals surface area contributed by atoms with Crippen molar-refractivity contribution in [2.24, 2.45) is 4.99 Å². The van der Waals surface area contributed by atoms with Gasteiger partial charge < -0.3 is 15.4 Å².